The van der Waals surface area contributed by atoms with E-state index in [1.54, 1.807) is 0 Å². The number of carbonyl (C=O) groups excluding carboxylic acids is 1. The third-order valence-corrected chi connectivity index (χ3v) is 3.98. The second-order valence-electron chi connectivity index (χ2n) is 5.89. The molecule has 5 heteroatoms. The summed E-state index contributed by atoms with van der Waals surface area (Å²) in [6, 6.07) is 8.17. The quantitative estimate of drug-likeness (QED) is 0.754. The van der Waals surface area contributed by atoms with Crippen molar-refractivity contribution < 1.29 is 4.79 Å². The fraction of sp³-hybridized carbons (Fsp3) is 0.588. The van der Waals surface area contributed by atoms with Crippen LogP contribution in [0.4, 0.5) is 11.4 Å². The SMILES string of the molecule is CCCNCCC(=O)Nc1ccc(N2CCN(C)CC2)cc1. The van der Waals surface area contributed by atoms with Crippen LogP contribution in [0.3, 0.4) is 0 Å². The van der Waals surface area contributed by atoms with Gasteiger partial charge >= 0.3 is 0 Å². The van der Waals surface area contributed by atoms with Crippen molar-refractivity contribution in [2.24, 2.45) is 0 Å². The lowest BCUT2D eigenvalue weighted by Gasteiger charge is -2.34. The first-order valence-corrected chi connectivity index (χ1v) is 8.23. The van der Waals surface area contributed by atoms with E-state index in [0.717, 1.165) is 51.4 Å². The van der Waals surface area contributed by atoms with Gasteiger partial charge in [-0.05, 0) is 44.3 Å². The van der Waals surface area contributed by atoms with Gasteiger partial charge in [0.15, 0.2) is 0 Å². The van der Waals surface area contributed by atoms with Crippen LogP contribution in [0.5, 0.6) is 0 Å². The summed E-state index contributed by atoms with van der Waals surface area (Å²) in [5.74, 6) is 0.0657. The number of rotatable bonds is 7. The summed E-state index contributed by atoms with van der Waals surface area (Å²) in [5, 5.41) is 6.19. The van der Waals surface area contributed by atoms with Crippen LogP contribution in [0.2, 0.25) is 0 Å². The largest absolute Gasteiger partial charge is 0.369 e. The van der Waals surface area contributed by atoms with E-state index in [-0.39, 0.29) is 5.91 Å². The Hall–Kier alpha value is -1.59. The minimum Gasteiger partial charge on any atom is -0.369 e. The minimum absolute atomic E-state index is 0.0657. The first kappa shape index (κ1) is 16.8. The predicted octanol–water partition coefficient (Wildman–Crippen LogP) is 1.77. The zero-order chi connectivity index (χ0) is 15.8. The summed E-state index contributed by atoms with van der Waals surface area (Å²) in [7, 11) is 2.16. The molecule has 0 aromatic heterocycles. The van der Waals surface area contributed by atoms with Gasteiger partial charge in [0.25, 0.3) is 0 Å². The van der Waals surface area contributed by atoms with E-state index >= 15 is 0 Å². The highest BCUT2D eigenvalue weighted by Crippen LogP contribution is 2.19. The summed E-state index contributed by atoms with van der Waals surface area (Å²) < 4.78 is 0. The van der Waals surface area contributed by atoms with Crippen molar-refractivity contribution in [3.8, 4) is 0 Å². The third kappa shape index (κ3) is 5.31. The Bertz CT molecular complexity index is 452. The molecule has 1 heterocycles. The van der Waals surface area contributed by atoms with Crippen LogP contribution in [-0.4, -0.2) is 57.1 Å². The van der Waals surface area contributed by atoms with Crippen molar-refractivity contribution in [2.45, 2.75) is 19.8 Å². The number of carbonyl (C=O) groups is 1. The molecule has 2 N–H and O–H groups in total. The third-order valence-electron chi connectivity index (χ3n) is 3.98. The Morgan fingerprint density at radius 3 is 2.41 bits per heavy atom. The van der Waals surface area contributed by atoms with E-state index in [0.29, 0.717) is 6.42 Å². The van der Waals surface area contributed by atoms with Crippen LogP contribution < -0.4 is 15.5 Å². The zero-order valence-electron chi connectivity index (χ0n) is 13.8. The molecule has 2 rings (SSSR count). The van der Waals surface area contributed by atoms with E-state index in [4.69, 9.17) is 0 Å². The number of likely N-dealkylation sites (N-methyl/N-ethyl adjacent to an activating group) is 1. The van der Waals surface area contributed by atoms with Gasteiger partial charge in [-0.25, -0.2) is 0 Å². The molecule has 5 nitrogen and oxygen atoms in total. The van der Waals surface area contributed by atoms with Crippen molar-refractivity contribution >= 4 is 17.3 Å². The van der Waals surface area contributed by atoms with E-state index < -0.39 is 0 Å². The lowest BCUT2D eigenvalue weighted by molar-refractivity contribution is -0.116. The van der Waals surface area contributed by atoms with Gasteiger partial charge in [-0.3, -0.25) is 4.79 Å². The van der Waals surface area contributed by atoms with Crippen LogP contribution in [0, 0.1) is 0 Å². The molecule has 0 spiro atoms. The maximum atomic E-state index is 11.8. The lowest BCUT2D eigenvalue weighted by atomic mass is 10.2. The molecule has 1 aliphatic heterocycles. The van der Waals surface area contributed by atoms with Gasteiger partial charge < -0.3 is 20.4 Å². The van der Waals surface area contributed by atoms with Gasteiger partial charge in [-0.15, -0.1) is 0 Å². The number of nitrogens with one attached hydrogen (secondary N) is 2. The first-order chi connectivity index (χ1) is 10.7. The first-order valence-electron chi connectivity index (χ1n) is 8.23. The molecule has 1 fully saturated rings. The number of amides is 1. The molecule has 122 valence electrons. The van der Waals surface area contributed by atoms with Crippen LogP contribution in [0.25, 0.3) is 0 Å². The van der Waals surface area contributed by atoms with Gasteiger partial charge in [0.1, 0.15) is 0 Å². The number of hydrogen-bond donors (Lipinski definition) is 2. The zero-order valence-corrected chi connectivity index (χ0v) is 13.8. The van der Waals surface area contributed by atoms with Gasteiger partial charge in [0, 0.05) is 50.5 Å². The highest BCUT2D eigenvalue weighted by Gasteiger charge is 2.14. The fourth-order valence-electron chi connectivity index (χ4n) is 2.55. The summed E-state index contributed by atoms with van der Waals surface area (Å²) in [5.41, 5.74) is 2.11. The monoisotopic (exact) mass is 304 g/mol. The standard InChI is InChI=1S/C17H28N4O/c1-3-9-18-10-8-17(22)19-15-4-6-16(7-5-15)21-13-11-20(2)12-14-21/h4-7,18H,3,8-14H2,1-2H3,(H,19,22). The average Bonchev–Trinajstić information content (AvgIpc) is 2.53. The maximum absolute atomic E-state index is 11.8. The molecule has 0 saturated carbocycles. The smallest absolute Gasteiger partial charge is 0.225 e. The van der Waals surface area contributed by atoms with Gasteiger partial charge in [0.2, 0.25) is 5.91 Å². The van der Waals surface area contributed by atoms with Crippen LogP contribution in [0.1, 0.15) is 19.8 Å². The summed E-state index contributed by atoms with van der Waals surface area (Å²) >= 11 is 0. The van der Waals surface area contributed by atoms with Crippen molar-refractivity contribution in [1.82, 2.24) is 10.2 Å². The summed E-state index contributed by atoms with van der Waals surface area (Å²) in [4.78, 5) is 16.6. The molecule has 0 bridgehead atoms. The Morgan fingerprint density at radius 1 is 1.09 bits per heavy atom. The van der Waals surface area contributed by atoms with E-state index in [2.05, 4.69) is 46.5 Å². The van der Waals surface area contributed by atoms with E-state index in [1.165, 1.54) is 5.69 Å². The van der Waals surface area contributed by atoms with Crippen molar-refractivity contribution in [1.29, 1.82) is 0 Å². The Labute approximate surface area is 133 Å². The molecule has 22 heavy (non-hydrogen) atoms. The highest BCUT2D eigenvalue weighted by atomic mass is 16.1. The molecular weight excluding hydrogens is 276 g/mol. The number of piperazine rings is 1. The number of anilines is 2. The van der Waals surface area contributed by atoms with E-state index in [1.807, 2.05) is 12.1 Å². The molecular formula is C17H28N4O. The lowest BCUT2D eigenvalue weighted by Crippen LogP contribution is -2.44. The Kier molecular flexibility index (Phi) is 6.68. The van der Waals surface area contributed by atoms with E-state index in [9.17, 15) is 4.79 Å². The number of benzene rings is 1. The Morgan fingerprint density at radius 2 is 1.77 bits per heavy atom. The van der Waals surface area contributed by atoms with Gasteiger partial charge in [-0.2, -0.15) is 0 Å². The molecule has 0 radical (unpaired) electrons. The molecule has 1 saturated heterocycles. The van der Waals surface area contributed by atoms with Crippen molar-refractivity contribution in [3.05, 3.63) is 24.3 Å². The molecule has 1 aromatic rings. The highest BCUT2D eigenvalue weighted by molar-refractivity contribution is 5.91. The molecule has 0 unspecified atom stereocenters. The summed E-state index contributed by atoms with van der Waals surface area (Å²) in [6.45, 7) is 8.14. The average molecular weight is 304 g/mol. The predicted molar refractivity (Wildman–Crippen MR) is 92.6 cm³/mol. The molecule has 0 atom stereocenters. The normalized spacial score (nSPS) is 15.8. The van der Waals surface area contributed by atoms with Crippen LogP contribution >= 0.6 is 0 Å². The minimum atomic E-state index is 0.0657. The fourth-order valence-corrected chi connectivity index (χ4v) is 2.55. The van der Waals surface area contributed by atoms with Crippen molar-refractivity contribution in [2.75, 3.05) is 56.5 Å². The molecule has 1 aromatic carbocycles. The van der Waals surface area contributed by atoms with Crippen LogP contribution in [0.15, 0.2) is 24.3 Å². The number of nitrogens with zero attached hydrogens (tertiary/aromatic N) is 2. The molecule has 1 amide bonds. The number of hydrogen-bond acceptors (Lipinski definition) is 4. The van der Waals surface area contributed by atoms with Crippen LogP contribution in [-0.2, 0) is 4.79 Å². The Balaban J connectivity index is 1.78. The summed E-state index contributed by atoms with van der Waals surface area (Å²) in [6.07, 6.45) is 1.61. The van der Waals surface area contributed by atoms with Crippen molar-refractivity contribution in [3.63, 3.8) is 0 Å². The molecule has 1 aliphatic rings. The second-order valence-corrected chi connectivity index (χ2v) is 5.89. The maximum Gasteiger partial charge on any atom is 0.225 e. The molecule has 0 aliphatic carbocycles. The van der Waals surface area contributed by atoms with Gasteiger partial charge in [0.05, 0.1) is 0 Å². The van der Waals surface area contributed by atoms with Gasteiger partial charge in [-0.1, -0.05) is 6.92 Å². The second kappa shape index (κ2) is 8.76. The topological polar surface area (TPSA) is 47.6 Å².